The van der Waals surface area contributed by atoms with Crippen LogP contribution in [0, 0.1) is 6.92 Å². The topological polar surface area (TPSA) is 46.9 Å². The Hall–Kier alpha value is -2.53. The Balaban J connectivity index is 1.71. The molecule has 0 saturated carbocycles. The average Bonchev–Trinajstić information content (AvgIpc) is 2.90. The summed E-state index contributed by atoms with van der Waals surface area (Å²) in [6, 6.07) is 16.3. The lowest BCUT2D eigenvalue weighted by Crippen LogP contribution is -2.15. The second kappa shape index (κ2) is 8.23. The van der Waals surface area contributed by atoms with Crippen LogP contribution in [0.2, 0.25) is 0 Å². The second-order valence-electron chi connectivity index (χ2n) is 7.25. The first-order chi connectivity index (χ1) is 13.7. The van der Waals surface area contributed by atoms with Gasteiger partial charge in [0.25, 0.3) is 5.91 Å². The van der Waals surface area contributed by atoms with Crippen LogP contribution in [0.4, 0.5) is 5.69 Å². The molecule has 4 rings (SSSR count). The SMILES string of the molecule is CSc1cccc(NC(=O)c2nc(-c3ccc(C)cc3)n3c2CCCCC3)c1. The molecule has 1 aromatic heterocycles. The first kappa shape index (κ1) is 18.8. The molecule has 0 saturated heterocycles. The first-order valence-corrected chi connectivity index (χ1v) is 11.0. The van der Waals surface area contributed by atoms with Gasteiger partial charge in [-0.2, -0.15) is 0 Å². The third kappa shape index (κ3) is 3.85. The first-order valence-electron chi connectivity index (χ1n) is 9.77. The number of benzene rings is 2. The molecule has 1 aliphatic heterocycles. The summed E-state index contributed by atoms with van der Waals surface area (Å²) in [5, 5.41) is 3.05. The molecule has 0 aliphatic carbocycles. The molecular weight excluding hydrogens is 366 g/mol. The number of nitrogens with zero attached hydrogens (tertiary/aromatic N) is 2. The van der Waals surface area contributed by atoms with Gasteiger partial charge in [0.1, 0.15) is 11.5 Å². The van der Waals surface area contributed by atoms with Crippen molar-refractivity contribution >= 4 is 23.4 Å². The molecule has 1 aliphatic rings. The maximum atomic E-state index is 13.1. The zero-order chi connectivity index (χ0) is 19.5. The van der Waals surface area contributed by atoms with Gasteiger partial charge < -0.3 is 9.88 Å². The lowest BCUT2D eigenvalue weighted by molar-refractivity contribution is 0.102. The van der Waals surface area contributed by atoms with Gasteiger partial charge in [0.2, 0.25) is 0 Å². The van der Waals surface area contributed by atoms with Crippen molar-refractivity contribution in [3.8, 4) is 11.4 Å². The minimum absolute atomic E-state index is 0.123. The van der Waals surface area contributed by atoms with Crippen molar-refractivity contribution in [2.24, 2.45) is 0 Å². The number of nitrogens with one attached hydrogen (secondary N) is 1. The summed E-state index contributed by atoms with van der Waals surface area (Å²) in [7, 11) is 0. The Morgan fingerprint density at radius 1 is 1.11 bits per heavy atom. The summed E-state index contributed by atoms with van der Waals surface area (Å²) in [4.78, 5) is 19.0. The van der Waals surface area contributed by atoms with Crippen LogP contribution < -0.4 is 5.32 Å². The fourth-order valence-corrected chi connectivity index (χ4v) is 4.18. The Morgan fingerprint density at radius 2 is 1.93 bits per heavy atom. The molecule has 0 fully saturated rings. The highest BCUT2D eigenvalue weighted by Crippen LogP contribution is 2.28. The number of anilines is 1. The van der Waals surface area contributed by atoms with Gasteiger partial charge in [-0.3, -0.25) is 4.79 Å². The normalized spacial score (nSPS) is 13.6. The highest BCUT2D eigenvalue weighted by Gasteiger charge is 2.24. The predicted molar refractivity (Wildman–Crippen MR) is 116 cm³/mol. The number of amides is 1. The average molecular weight is 392 g/mol. The van der Waals surface area contributed by atoms with Crippen molar-refractivity contribution in [1.82, 2.24) is 9.55 Å². The van der Waals surface area contributed by atoms with Crippen LogP contribution in [0.15, 0.2) is 53.4 Å². The molecule has 2 aromatic carbocycles. The van der Waals surface area contributed by atoms with Gasteiger partial charge >= 0.3 is 0 Å². The van der Waals surface area contributed by atoms with Crippen molar-refractivity contribution < 1.29 is 4.79 Å². The van der Waals surface area contributed by atoms with Crippen LogP contribution in [-0.2, 0) is 13.0 Å². The molecule has 0 atom stereocenters. The van der Waals surface area contributed by atoms with Gasteiger partial charge in [-0.05, 0) is 50.6 Å². The van der Waals surface area contributed by atoms with Crippen molar-refractivity contribution in [3.05, 3.63) is 65.5 Å². The minimum atomic E-state index is -0.123. The summed E-state index contributed by atoms with van der Waals surface area (Å²) < 4.78 is 2.25. The number of fused-ring (bicyclic) bond motifs is 1. The van der Waals surface area contributed by atoms with Gasteiger partial charge in [-0.1, -0.05) is 42.3 Å². The van der Waals surface area contributed by atoms with Crippen LogP contribution in [0.5, 0.6) is 0 Å². The maximum absolute atomic E-state index is 13.1. The van der Waals surface area contributed by atoms with E-state index >= 15 is 0 Å². The number of carbonyl (C=O) groups excluding carboxylic acids is 1. The van der Waals surface area contributed by atoms with Gasteiger partial charge in [-0.15, -0.1) is 11.8 Å². The van der Waals surface area contributed by atoms with Crippen LogP contribution in [-0.4, -0.2) is 21.7 Å². The Morgan fingerprint density at radius 3 is 2.71 bits per heavy atom. The van der Waals surface area contributed by atoms with E-state index in [2.05, 4.69) is 41.1 Å². The van der Waals surface area contributed by atoms with E-state index in [0.29, 0.717) is 5.69 Å². The standard InChI is InChI=1S/C23H25N3OS/c1-16-10-12-17(13-11-16)22-25-21(20-9-4-3-5-14-26(20)22)23(27)24-18-7-6-8-19(15-18)28-2/h6-8,10-13,15H,3-5,9,14H2,1-2H3,(H,24,27). The van der Waals surface area contributed by atoms with E-state index in [1.54, 1.807) is 11.8 Å². The Bertz CT molecular complexity index is 992. The number of imidazole rings is 1. The lowest BCUT2D eigenvalue weighted by atomic mass is 10.1. The summed E-state index contributed by atoms with van der Waals surface area (Å²) in [5.74, 6) is 0.780. The highest BCUT2D eigenvalue weighted by atomic mass is 32.2. The molecule has 1 amide bonds. The van der Waals surface area contributed by atoms with Crippen molar-refractivity contribution in [2.75, 3.05) is 11.6 Å². The number of aromatic nitrogens is 2. The largest absolute Gasteiger partial charge is 0.327 e. The number of thioether (sulfide) groups is 1. The van der Waals surface area contributed by atoms with Crippen molar-refractivity contribution in [3.63, 3.8) is 0 Å². The van der Waals surface area contributed by atoms with E-state index in [1.807, 2.05) is 30.5 Å². The van der Waals surface area contributed by atoms with Crippen LogP contribution in [0.25, 0.3) is 11.4 Å². The number of hydrogen-bond acceptors (Lipinski definition) is 3. The number of hydrogen-bond donors (Lipinski definition) is 1. The Labute approximate surface area is 170 Å². The molecule has 28 heavy (non-hydrogen) atoms. The summed E-state index contributed by atoms with van der Waals surface area (Å²) in [6.07, 6.45) is 6.34. The third-order valence-corrected chi connectivity index (χ3v) is 5.95. The van der Waals surface area contributed by atoms with Gasteiger partial charge in [0.05, 0.1) is 5.69 Å². The molecular formula is C23H25N3OS. The van der Waals surface area contributed by atoms with Gasteiger partial charge in [0.15, 0.2) is 0 Å². The monoisotopic (exact) mass is 391 g/mol. The van der Waals surface area contributed by atoms with E-state index < -0.39 is 0 Å². The molecule has 0 spiro atoms. The number of aryl methyl sites for hydroxylation is 1. The van der Waals surface area contributed by atoms with Crippen molar-refractivity contribution in [2.45, 2.75) is 44.0 Å². The molecule has 5 heteroatoms. The molecule has 0 radical (unpaired) electrons. The second-order valence-corrected chi connectivity index (χ2v) is 8.12. The maximum Gasteiger partial charge on any atom is 0.276 e. The molecule has 3 aromatic rings. The molecule has 2 heterocycles. The predicted octanol–water partition coefficient (Wildman–Crippen LogP) is 5.56. The minimum Gasteiger partial charge on any atom is -0.327 e. The van der Waals surface area contributed by atoms with Crippen LogP contribution in [0.1, 0.15) is 41.0 Å². The summed E-state index contributed by atoms with van der Waals surface area (Å²) in [5.41, 5.74) is 4.72. The van der Waals surface area contributed by atoms with E-state index in [-0.39, 0.29) is 5.91 Å². The molecule has 4 nitrogen and oxygen atoms in total. The van der Waals surface area contributed by atoms with Crippen LogP contribution >= 0.6 is 11.8 Å². The smallest absolute Gasteiger partial charge is 0.276 e. The highest BCUT2D eigenvalue weighted by molar-refractivity contribution is 7.98. The van der Waals surface area contributed by atoms with Gasteiger partial charge in [0, 0.05) is 22.7 Å². The van der Waals surface area contributed by atoms with Gasteiger partial charge in [-0.25, -0.2) is 4.98 Å². The molecule has 144 valence electrons. The van der Waals surface area contributed by atoms with Crippen molar-refractivity contribution in [1.29, 1.82) is 0 Å². The van der Waals surface area contributed by atoms with E-state index in [0.717, 1.165) is 53.5 Å². The van der Waals surface area contributed by atoms with Crippen LogP contribution in [0.3, 0.4) is 0 Å². The van der Waals surface area contributed by atoms with E-state index in [4.69, 9.17) is 4.98 Å². The zero-order valence-electron chi connectivity index (χ0n) is 16.4. The lowest BCUT2D eigenvalue weighted by Gasteiger charge is -2.09. The van der Waals surface area contributed by atoms with E-state index in [9.17, 15) is 4.79 Å². The summed E-state index contributed by atoms with van der Waals surface area (Å²) in [6.45, 7) is 3.00. The van der Waals surface area contributed by atoms with E-state index in [1.165, 1.54) is 12.0 Å². The fraction of sp³-hybridized carbons (Fsp3) is 0.304. The Kier molecular flexibility index (Phi) is 5.53. The molecule has 0 bridgehead atoms. The molecule has 1 N–H and O–H groups in total. The fourth-order valence-electron chi connectivity index (χ4n) is 3.72. The third-order valence-electron chi connectivity index (χ3n) is 5.22. The molecule has 0 unspecified atom stereocenters. The summed E-state index contributed by atoms with van der Waals surface area (Å²) >= 11 is 1.66. The quantitative estimate of drug-likeness (QED) is 0.592. The number of rotatable bonds is 4. The number of carbonyl (C=O) groups is 1. The zero-order valence-corrected chi connectivity index (χ0v) is 17.2.